The lowest BCUT2D eigenvalue weighted by Gasteiger charge is -2.35. The second-order valence-electron chi connectivity index (χ2n) is 9.89. The third kappa shape index (κ3) is 5.87. The van der Waals surface area contributed by atoms with E-state index in [0.29, 0.717) is 12.6 Å². The van der Waals surface area contributed by atoms with Crippen LogP contribution in [0.5, 0.6) is 0 Å². The molecule has 34 heavy (non-hydrogen) atoms. The molecule has 1 aliphatic heterocycles. The summed E-state index contributed by atoms with van der Waals surface area (Å²) in [6.45, 7) is 12.4. The van der Waals surface area contributed by atoms with Crippen molar-refractivity contribution in [1.29, 1.82) is 0 Å². The Labute approximate surface area is 206 Å². The van der Waals surface area contributed by atoms with Crippen LogP contribution < -0.4 is 16.0 Å². The molecule has 1 aliphatic rings. The van der Waals surface area contributed by atoms with E-state index in [0.717, 1.165) is 45.4 Å². The van der Waals surface area contributed by atoms with Crippen molar-refractivity contribution < 1.29 is 4.74 Å². The molecule has 0 bridgehead atoms. The fourth-order valence-electron chi connectivity index (χ4n) is 3.42. The third-order valence-corrected chi connectivity index (χ3v) is 8.54. The maximum atomic E-state index is 6.00. The maximum absolute atomic E-state index is 6.00. The van der Waals surface area contributed by atoms with Crippen LogP contribution in [0.2, 0.25) is 25.7 Å². The van der Waals surface area contributed by atoms with Gasteiger partial charge in [0.1, 0.15) is 5.01 Å². The molecule has 0 saturated carbocycles. The first-order chi connectivity index (χ1) is 16.3. The van der Waals surface area contributed by atoms with Crippen molar-refractivity contribution in [3.63, 3.8) is 0 Å². The Morgan fingerprint density at radius 1 is 1.12 bits per heavy atom. The van der Waals surface area contributed by atoms with Gasteiger partial charge in [0, 0.05) is 44.9 Å². The zero-order valence-electron chi connectivity index (χ0n) is 20.4. The van der Waals surface area contributed by atoms with Gasteiger partial charge in [-0.25, -0.2) is 0 Å². The van der Waals surface area contributed by atoms with E-state index in [-0.39, 0.29) is 0 Å². The monoisotopic (exact) mass is 495 g/mol. The number of fused-ring (bicyclic) bond motifs is 1. The zero-order valence-corrected chi connectivity index (χ0v) is 22.2. The van der Waals surface area contributed by atoms with Gasteiger partial charge in [0.05, 0.1) is 23.8 Å². The SMILES string of the molecule is CC(C)c1nnc(C2(NCOCC[Si](C)(C)C)C=Cc3nccc(Nc4ccncc4)c3N2)s1. The normalized spacial score (nSPS) is 17.5. The van der Waals surface area contributed by atoms with Gasteiger partial charge in [0.25, 0.3) is 0 Å². The zero-order chi connectivity index (χ0) is 24.2. The van der Waals surface area contributed by atoms with Crippen LogP contribution in [0.1, 0.15) is 35.5 Å². The molecule has 10 heteroatoms. The second kappa shape index (κ2) is 10.3. The summed E-state index contributed by atoms with van der Waals surface area (Å²) in [5, 5.41) is 21.5. The average molecular weight is 496 g/mol. The van der Waals surface area contributed by atoms with Crippen molar-refractivity contribution >= 4 is 42.5 Å². The van der Waals surface area contributed by atoms with Crippen molar-refractivity contribution in [2.45, 2.75) is 51.1 Å². The highest BCUT2D eigenvalue weighted by molar-refractivity contribution is 7.11. The molecule has 0 radical (unpaired) electrons. The minimum absolute atomic E-state index is 0.307. The van der Waals surface area contributed by atoms with Crippen molar-refractivity contribution in [3.8, 4) is 0 Å². The van der Waals surface area contributed by atoms with Crippen LogP contribution in [-0.2, 0) is 10.4 Å². The topological polar surface area (TPSA) is 96.9 Å². The number of hydrogen-bond acceptors (Lipinski definition) is 9. The van der Waals surface area contributed by atoms with Crippen molar-refractivity contribution in [2.75, 3.05) is 24.0 Å². The molecule has 180 valence electrons. The first kappa shape index (κ1) is 24.5. The molecule has 3 aromatic rings. The smallest absolute Gasteiger partial charge is 0.165 e. The number of pyridine rings is 2. The Hall–Kier alpha value is -2.66. The Balaban J connectivity index is 1.61. The van der Waals surface area contributed by atoms with Gasteiger partial charge in [-0.1, -0.05) is 44.8 Å². The summed E-state index contributed by atoms with van der Waals surface area (Å²) in [7, 11) is -1.15. The molecule has 0 aromatic carbocycles. The van der Waals surface area contributed by atoms with E-state index in [1.165, 1.54) is 0 Å². The van der Waals surface area contributed by atoms with Crippen LogP contribution in [0.3, 0.4) is 0 Å². The van der Waals surface area contributed by atoms with E-state index in [2.05, 4.69) is 75.7 Å². The molecule has 4 rings (SSSR count). The lowest BCUT2D eigenvalue weighted by Crippen LogP contribution is -2.49. The minimum atomic E-state index is -1.15. The van der Waals surface area contributed by atoms with Crippen LogP contribution >= 0.6 is 11.3 Å². The van der Waals surface area contributed by atoms with Gasteiger partial charge in [-0.15, -0.1) is 10.2 Å². The number of rotatable bonds is 10. The Kier molecular flexibility index (Phi) is 7.41. The number of ether oxygens (including phenoxy) is 1. The van der Waals surface area contributed by atoms with Gasteiger partial charge < -0.3 is 15.4 Å². The van der Waals surface area contributed by atoms with Crippen molar-refractivity contribution in [1.82, 2.24) is 25.5 Å². The first-order valence-electron chi connectivity index (χ1n) is 11.6. The Bertz CT molecular complexity index is 1130. The number of nitrogens with zero attached hydrogens (tertiary/aromatic N) is 4. The number of hydrogen-bond donors (Lipinski definition) is 3. The van der Waals surface area contributed by atoms with Crippen LogP contribution in [0.25, 0.3) is 6.08 Å². The molecular formula is C24H33N7OSSi. The third-order valence-electron chi connectivity index (χ3n) is 5.47. The molecule has 1 unspecified atom stereocenters. The molecule has 3 aromatic heterocycles. The second-order valence-corrected chi connectivity index (χ2v) is 16.5. The fourth-order valence-corrected chi connectivity index (χ4v) is 5.13. The van der Waals surface area contributed by atoms with Crippen LogP contribution in [0, 0.1) is 0 Å². The molecule has 0 aliphatic carbocycles. The highest BCUT2D eigenvalue weighted by atomic mass is 32.1. The molecule has 4 heterocycles. The summed E-state index contributed by atoms with van der Waals surface area (Å²) in [6.07, 6.45) is 9.42. The molecule has 3 N–H and O–H groups in total. The molecule has 0 fully saturated rings. The Morgan fingerprint density at radius 2 is 1.91 bits per heavy atom. The first-order valence-corrected chi connectivity index (χ1v) is 16.1. The maximum Gasteiger partial charge on any atom is 0.165 e. The summed E-state index contributed by atoms with van der Waals surface area (Å²) in [5.74, 6) is 0.307. The highest BCUT2D eigenvalue weighted by Crippen LogP contribution is 2.39. The number of nitrogens with one attached hydrogen (secondary N) is 3. The summed E-state index contributed by atoms with van der Waals surface area (Å²) in [4.78, 5) is 8.67. The summed E-state index contributed by atoms with van der Waals surface area (Å²) in [6, 6.07) is 6.94. The molecule has 1 atom stereocenters. The molecular weight excluding hydrogens is 462 g/mol. The lowest BCUT2D eigenvalue weighted by molar-refractivity contribution is 0.111. The van der Waals surface area contributed by atoms with E-state index < -0.39 is 13.7 Å². The largest absolute Gasteiger partial charge is 0.367 e. The molecule has 0 amide bonds. The van der Waals surface area contributed by atoms with Gasteiger partial charge in [-0.3, -0.25) is 15.3 Å². The Morgan fingerprint density at radius 3 is 2.62 bits per heavy atom. The van der Waals surface area contributed by atoms with E-state index in [4.69, 9.17) is 4.74 Å². The lowest BCUT2D eigenvalue weighted by atomic mass is 10.0. The van der Waals surface area contributed by atoms with Gasteiger partial charge in [0.15, 0.2) is 10.7 Å². The predicted molar refractivity (Wildman–Crippen MR) is 142 cm³/mol. The average Bonchev–Trinajstić information content (AvgIpc) is 3.31. The number of anilines is 3. The standard InChI is InChI=1S/C24H33N7OSSi/c1-17(2)22-30-31-23(33-22)24(27-16-32-14-15-34(3,4)5)10-6-19-21(29-24)20(9-13-26-19)28-18-7-11-25-12-8-18/h6-13,17,27,29H,14-16H2,1-5H3,(H,25,26,28). The van der Waals surface area contributed by atoms with Crippen LogP contribution in [0.15, 0.2) is 42.9 Å². The number of aromatic nitrogens is 4. The van der Waals surface area contributed by atoms with Crippen molar-refractivity contribution in [2.24, 2.45) is 0 Å². The predicted octanol–water partition coefficient (Wildman–Crippen LogP) is 5.39. The van der Waals surface area contributed by atoms with E-state index in [1.807, 2.05) is 24.3 Å². The summed E-state index contributed by atoms with van der Waals surface area (Å²) in [5.41, 5.74) is 2.85. The van der Waals surface area contributed by atoms with Gasteiger partial charge >= 0.3 is 0 Å². The minimum Gasteiger partial charge on any atom is -0.367 e. The van der Waals surface area contributed by atoms with Gasteiger partial charge in [-0.05, 0) is 36.4 Å². The van der Waals surface area contributed by atoms with E-state index >= 15 is 0 Å². The van der Waals surface area contributed by atoms with Gasteiger partial charge in [0.2, 0.25) is 0 Å². The van der Waals surface area contributed by atoms with Crippen LogP contribution in [0.4, 0.5) is 17.1 Å². The van der Waals surface area contributed by atoms with Gasteiger partial charge in [-0.2, -0.15) is 0 Å². The molecule has 0 saturated heterocycles. The fraction of sp³-hybridized carbons (Fsp3) is 0.417. The molecule has 8 nitrogen and oxygen atoms in total. The summed E-state index contributed by atoms with van der Waals surface area (Å²) >= 11 is 1.60. The van der Waals surface area contributed by atoms with E-state index in [1.54, 1.807) is 29.9 Å². The van der Waals surface area contributed by atoms with E-state index in [9.17, 15) is 0 Å². The van der Waals surface area contributed by atoms with Crippen LogP contribution in [-0.4, -0.2) is 41.6 Å². The summed E-state index contributed by atoms with van der Waals surface area (Å²) < 4.78 is 6.00. The quantitative estimate of drug-likeness (QED) is 0.196. The highest BCUT2D eigenvalue weighted by Gasteiger charge is 2.37. The van der Waals surface area contributed by atoms with Crippen molar-refractivity contribution in [3.05, 3.63) is 58.6 Å². The molecule has 0 spiro atoms.